The quantitative estimate of drug-likeness (QED) is 0.798. The van der Waals surface area contributed by atoms with E-state index < -0.39 is 22.5 Å². The van der Waals surface area contributed by atoms with Crippen molar-refractivity contribution in [2.75, 3.05) is 10.8 Å². The lowest BCUT2D eigenvalue weighted by atomic mass is 10.3. The Kier molecular flexibility index (Phi) is 4.64. The van der Waals surface area contributed by atoms with E-state index in [1.807, 2.05) is 0 Å². The zero-order valence-electron chi connectivity index (χ0n) is 10.8. The monoisotopic (exact) mass is 368 g/mol. The smallest absolute Gasteiger partial charge is 0.264 e. The van der Waals surface area contributed by atoms with Gasteiger partial charge in [-0.1, -0.05) is 40.2 Å². The predicted octanol–water partition coefficient (Wildman–Crippen LogP) is 1.39. The molecular formula is C14H11BrNO4S-. The number of carbonyl (C=O) groups is 1. The van der Waals surface area contributed by atoms with Crippen molar-refractivity contribution in [3.8, 4) is 0 Å². The number of hydrogen-bond donors (Lipinski definition) is 0. The Morgan fingerprint density at radius 2 is 1.76 bits per heavy atom. The van der Waals surface area contributed by atoms with Gasteiger partial charge in [0.2, 0.25) is 0 Å². The first kappa shape index (κ1) is 15.5. The van der Waals surface area contributed by atoms with Crippen molar-refractivity contribution < 1.29 is 18.3 Å². The van der Waals surface area contributed by atoms with Gasteiger partial charge in [0.05, 0.1) is 23.1 Å². The highest BCUT2D eigenvalue weighted by molar-refractivity contribution is 9.10. The van der Waals surface area contributed by atoms with Gasteiger partial charge in [-0.2, -0.15) is 0 Å². The maximum Gasteiger partial charge on any atom is 0.264 e. The first-order valence-electron chi connectivity index (χ1n) is 5.94. The number of halogens is 1. The van der Waals surface area contributed by atoms with E-state index in [1.165, 1.54) is 24.3 Å². The molecule has 0 saturated heterocycles. The highest BCUT2D eigenvalue weighted by atomic mass is 79.9. The number of benzene rings is 2. The van der Waals surface area contributed by atoms with Crippen molar-refractivity contribution in [1.29, 1.82) is 0 Å². The van der Waals surface area contributed by atoms with Crippen molar-refractivity contribution in [2.45, 2.75) is 4.90 Å². The SMILES string of the molecule is O=C([O-])CN(c1cccc(Br)c1)S(=O)(=O)c1ccccc1. The number of anilines is 1. The molecule has 0 aromatic heterocycles. The molecule has 5 nitrogen and oxygen atoms in total. The summed E-state index contributed by atoms with van der Waals surface area (Å²) in [5.74, 6) is -1.48. The first-order valence-corrected chi connectivity index (χ1v) is 8.18. The maximum atomic E-state index is 12.6. The van der Waals surface area contributed by atoms with Crippen LogP contribution in [-0.4, -0.2) is 20.9 Å². The third-order valence-electron chi connectivity index (χ3n) is 2.70. The normalized spacial score (nSPS) is 11.1. The zero-order chi connectivity index (χ0) is 15.5. The van der Waals surface area contributed by atoms with Gasteiger partial charge in [0.1, 0.15) is 0 Å². The molecule has 0 fully saturated rings. The summed E-state index contributed by atoms with van der Waals surface area (Å²) in [6.07, 6.45) is 0. The predicted molar refractivity (Wildman–Crippen MR) is 80.1 cm³/mol. The third-order valence-corrected chi connectivity index (χ3v) is 4.98. The number of nitrogens with zero attached hydrogens (tertiary/aromatic N) is 1. The van der Waals surface area contributed by atoms with E-state index in [-0.39, 0.29) is 10.6 Å². The first-order chi connectivity index (χ1) is 9.91. The molecule has 0 radical (unpaired) electrons. The molecule has 0 unspecified atom stereocenters. The van der Waals surface area contributed by atoms with Gasteiger partial charge in [-0.15, -0.1) is 0 Å². The van der Waals surface area contributed by atoms with Crippen molar-refractivity contribution in [3.05, 3.63) is 59.1 Å². The Morgan fingerprint density at radius 1 is 1.10 bits per heavy atom. The number of carboxylic acid groups (broad SMARTS) is 1. The molecule has 2 aromatic rings. The summed E-state index contributed by atoms with van der Waals surface area (Å²) in [6, 6.07) is 14.1. The van der Waals surface area contributed by atoms with E-state index in [9.17, 15) is 18.3 Å². The summed E-state index contributed by atoms with van der Waals surface area (Å²) in [5, 5.41) is 10.9. The zero-order valence-corrected chi connectivity index (χ0v) is 13.2. The van der Waals surface area contributed by atoms with Crippen LogP contribution in [0.2, 0.25) is 0 Å². The fourth-order valence-corrected chi connectivity index (χ4v) is 3.59. The van der Waals surface area contributed by atoms with E-state index in [0.29, 0.717) is 4.47 Å². The molecule has 0 saturated carbocycles. The van der Waals surface area contributed by atoms with E-state index in [1.54, 1.807) is 30.3 Å². The minimum atomic E-state index is -3.97. The van der Waals surface area contributed by atoms with Gasteiger partial charge in [-0.3, -0.25) is 4.31 Å². The van der Waals surface area contributed by atoms with Crippen LogP contribution in [0.25, 0.3) is 0 Å². The number of carboxylic acids is 1. The average molecular weight is 369 g/mol. The van der Waals surface area contributed by atoms with E-state index >= 15 is 0 Å². The van der Waals surface area contributed by atoms with Crippen LogP contribution in [0.4, 0.5) is 5.69 Å². The van der Waals surface area contributed by atoms with Crippen molar-refractivity contribution in [2.24, 2.45) is 0 Å². The second-order valence-electron chi connectivity index (χ2n) is 4.18. The summed E-state index contributed by atoms with van der Waals surface area (Å²) < 4.78 is 26.7. The minimum absolute atomic E-state index is 0.0197. The average Bonchev–Trinajstić information content (AvgIpc) is 2.45. The van der Waals surface area contributed by atoms with Crippen LogP contribution in [0.5, 0.6) is 0 Å². The van der Waals surface area contributed by atoms with Gasteiger partial charge in [-0.05, 0) is 30.3 Å². The molecule has 0 heterocycles. The molecule has 21 heavy (non-hydrogen) atoms. The van der Waals surface area contributed by atoms with Gasteiger partial charge in [0.15, 0.2) is 0 Å². The third kappa shape index (κ3) is 3.62. The molecule has 110 valence electrons. The molecule has 0 spiro atoms. The number of rotatable bonds is 5. The summed E-state index contributed by atoms with van der Waals surface area (Å²) in [4.78, 5) is 10.9. The van der Waals surface area contributed by atoms with Gasteiger partial charge in [0.25, 0.3) is 10.0 Å². The van der Waals surface area contributed by atoms with Crippen molar-refractivity contribution >= 4 is 37.6 Å². The van der Waals surface area contributed by atoms with Gasteiger partial charge in [0, 0.05) is 4.47 Å². The van der Waals surface area contributed by atoms with Crippen LogP contribution in [0.15, 0.2) is 64.0 Å². The lowest BCUT2D eigenvalue weighted by molar-refractivity contribution is -0.303. The molecule has 2 aromatic carbocycles. The van der Waals surface area contributed by atoms with E-state index in [0.717, 1.165) is 4.31 Å². The summed E-state index contributed by atoms with van der Waals surface area (Å²) >= 11 is 3.24. The number of aliphatic carboxylic acids is 1. The molecule has 0 N–H and O–H groups in total. The van der Waals surface area contributed by atoms with E-state index in [2.05, 4.69) is 15.9 Å². The Bertz CT molecular complexity index is 747. The lowest BCUT2D eigenvalue weighted by Crippen LogP contribution is -2.41. The molecule has 7 heteroatoms. The highest BCUT2D eigenvalue weighted by Gasteiger charge is 2.24. The Labute approximate surface area is 131 Å². The molecule has 0 bridgehead atoms. The summed E-state index contributed by atoms with van der Waals surface area (Å²) in [6.45, 7) is -0.756. The Morgan fingerprint density at radius 3 is 2.33 bits per heavy atom. The molecule has 0 aliphatic heterocycles. The van der Waals surface area contributed by atoms with Crippen molar-refractivity contribution in [1.82, 2.24) is 0 Å². The van der Waals surface area contributed by atoms with E-state index in [4.69, 9.17) is 0 Å². The molecule has 2 rings (SSSR count). The van der Waals surface area contributed by atoms with Crippen LogP contribution < -0.4 is 9.41 Å². The molecular weight excluding hydrogens is 358 g/mol. The molecule has 0 amide bonds. The van der Waals surface area contributed by atoms with Gasteiger partial charge in [-0.25, -0.2) is 8.42 Å². The fourth-order valence-electron chi connectivity index (χ4n) is 1.78. The second-order valence-corrected chi connectivity index (χ2v) is 6.95. The van der Waals surface area contributed by atoms with Crippen molar-refractivity contribution in [3.63, 3.8) is 0 Å². The Hall–Kier alpha value is -1.86. The van der Waals surface area contributed by atoms with Crippen LogP contribution >= 0.6 is 15.9 Å². The topological polar surface area (TPSA) is 77.5 Å². The van der Waals surface area contributed by atoms with Crippen LogP contribution in [-0.2, 0) is 14.8 Å². The number of hydrogen-bond acceptors (Lipinski definition) is 4. The van der Waals surface area contributed by atoms with Crippen LogP contribution in [0.1, 0.15) is 0 Å². The largest absolute Gasteiger partial charge is 0.548 e. The molecule has 0 aliphatic carbocycles. The fraction of sp³-hybridized carbons (Fsp3) is 0.0714. The Balaban J connectivity index is 2.53. The standard InChI is InChI=1S/C14H12BrNO4S/c15-11-5-4-6-12(9-11)16(10-14(17)18)21(19,20)13-7-2-1-3-8-13/h1-9H,10H2,(H,17,18)/p-1. The lowest BCUT2D eigenvalue weighted by Gasteiger charge is -2.25. The highest BCUT2D eigenvalue weighted by Crippen LogP contribution is 2.25. The number of sulfonamides is 1. The second kappa shape index (κ2) is 6.28. The maximum absolute atomic E-state index is 12.6. The van der Waals surface area contributed by atoms with Crippen LogP contribution in [0, 0.1) is 0 Å². The summed E-state index contributed by atoms with van der Waals surface area (Å²) in [5.41, 5.74) is 0.248. The molecule has 0 aliphatic rings. The van der Waals surface area contributed by atoms with Crippen LogP contribution in [0.3, 0.4) is 0 Å². The number of carbonyl (C=O) groups excluding carboxylic acids is 1. The summed E-state index contributed by atoms with van der Waals surface area (Å²) in [7, 11) is -3.97. The molecule has 0 atom stereocenters. The van der Waals surface area contributed by atoms with Gasteiger partial charge >= 0.3 is 0 Å². The van der Waals surface area contributed by atoms with Gasteiger partial charge < -0.3 is 9.90 Å². The minimum Gasteiger partial charge on any atom is -0.548 e.